The van der Waals surface area contributed by atoms with Crippen molar-refractivity contribution in [3.05, 3.63) is 18.0 Å². The number of primary amides is 1. The van der Waals surface area contributed by atoms with E-state index in [0.717, 1.165) is 12.7 Å². The number of amides is 1. The number of carbonyl (C=O) groups is 1. The van der Waals surface area contributed by atoms with Crippen LogP contribution in [0.5, 0.6) is 0 Å². The molecule has 0 fully saturated rings. The van der Waals surface area contributed by atoms with Crippen molar-refractivity contribution in [2.45, 2.75) is 38.8 Å². The van der Waals surface area contributed by atoms with Crippen molar-refractivity contribution in [1.82, 2.24) is 9.78 Å². The lowest BCUT2D eigenvalue weighted by Gasteiger charge is -2.15. The molecule has 0 aliphatic carbocycles. The molecule has 0 bridgehead atoms. The maximum absolute atomic E-state index is 10.7. The molecule has 1 aromatic heterocycles. The van der Waals surface area contributed by atoms with Gasteiger partial charge < -0.3 is 10.5 Å². The first kappa shape index (κ1) is 13.9. The van der Waals surface area contributed by atoms with Gasteiger partial charge in [0.05, 0.1) is 12.1 Å². The maximum atomic E-state index is 10.7. The highest BCUT2D eigenvalue weighted by Crippen LogP contribution is 2.07. The van der Waals surface area contributed by atoms with Crippen molar-refractivity contribution in [2.75, 3.05) is 6.61 Å². The quantitative estimate of drug-likeness (QED) is 0.588. The van der Waals surface area contributed by atoms with Gasteiger partial charge in [-0.1, -0.05) is 19.6 Å². The third-order valence-electron chi connectivity index (χ3n) is 2.27. The average molecular weight is 255 g/mol. The Labute approximate surface area is 103 Å². The summed E-state index contributed by atoms with van der Waals surface area (Å²) in [5.74, 6) is -0.366. The van der Waals surface area contributed by atoms with Crippen LogP contribution >= 0.6 is 0 Å². The second-order valence-electron chi connectivity index (χ2n) is 5.34. The summed E-state index contributed by atoms with van der Waals surface area (Å²) >= 11 is 0. The third-order valence-corrected chi connectivity index (χ3v) is 3.98. The van der Waals surface area contributed by atoms with Crippen LogP contribution in [0.3, 0.4) is 0 Å². The van der Waals surface area contributed by atoms with Crippen LogP contribution in [0.25, 0.3) is 0 Å². The second-order valence-corrected chi connectivity index (χ2v) is 11.0. The fraction of sp³-hybridized carbons (Fsp3) is 0.636. The van der Waals surface area contributed by atoms with E-state index in [0.29, 0.717) is 12.4 Å². The fourth-order valence-corrected chi connectivity index (χ4v) is 2.04. The van der Waals surface area contributed by atoms with Crippen molar-refractivity contribution in [2.24, 2.45) is 5.73 Å². The van der Waals surface area contributed by atoms with Crippen LogP contribution in [-0.2, 0) is 22.7 Å². The number of hydrogen-bond acceptors (Lipinski definition) is 3. The highest BCUT2D eigenvalue weighted by Gasteiger charge is 2.12. The number of carbonyl (C=O) groups excluding carboxylic acids is 1. The number of nitrogens with zero attached hydrogens (tertiary/aromatic N) is 2. The van der Waals surface area contributed by atoms with Crippen molar-refractivity contribution >= 4 is 14.0 Å². The van der Waals surface area contributed by atoms with Gasteiger partial charge in [-0.05, 0) is 12.1 Å². The zero-order chi connectivity index (χ0) is 12.9. The molecule has 0 unspecified atom stereocenters. The fourth-order valence-electron chi connectivity index (χ4n) is 1.28. The summed E-state index contributed by atoms with van der Waals surface area (Å²) in [7, 11) is -1.03. The Morgan fingerprint density at radius 2 is 2.24 bits per heavy atom. The van der Waals surface area contributed by atoms with E-state index in [-0.39, 0.29) is 12.3 Å². The van der Waals surface area contributed by atoms with E-state index >= 15 is 0 Å². The first-order valence-corrected chi connectivity index (χ1v) is 9.46. The Kier molecular flexibility index (Phi) is 4.89. The van der Waals surface area contributed by atoms with E-state index in [1.165, 1.54) is 0 Å². The Bertz CT molecular complexity index is 371. The highest BCUT2D eigenvalue weighted by molar-refractivity contribution is 6.76. The molecule has 2 N–H and O–H groups in total. The van der Waals surface area contributed by atoms with Crippen molar-refractivity contribution < 1.29 is 9.53 Å². The first-order chi connectivity index (χ1) is 7.87. The van der Waals surface area contributed by atoms with Crippen molar-refractivity contribution in [1.29, 1.82) is 0 Å². The number of hydrogen-bond donors (Lipinski definition) is 1. The highest BCUT2D eigenvalue weighted by atomic mass is 28.3. The number of aromatic nitrogens is 2. The minimum atomic E-state index is -1.03. The van der Waals surface area contributed by atoms with Crippen LogP contribution in [0, 0.1) is 0 Å². The molecule has 6 heteroatoms. The van der Waals surface area contributed by atoms with E-state index < -0.39 is 8.07 Å². The summed E-state index contributed by atoms with van der Waals surface area (Å²) in [5, 5.41) is 4.19. The molecule has 17 heavy (non-hydrogen) atoms. The molecule has 5 nitrogen and oxygen atoms in total. The van der Waals surface area contributed by atoms with Gasteiger partial charge in [0.25, 0.3) is 0 Å². The van der Waals surface area contributed by atoms with E-state index in [9.17, 15) is 4.79 Å². The van der Waals surface area contributed by atoms with Crippen molar-refractivity contribution in [3.8, 4) is 0 Å². The summed E-state index contributed by atoms with van der Waals surface area (Å²) in [4.78, 5) is 10.7. The van der Waals surface area contributed by atoms with Gasteiger partial charge in [-0.2, -0.15) is 5.10 Å². The average Bonchev–Trinajstić information content (AvgIpc) is 2.58. The van der Waals surface area contributed by atoms with Gasteiger partial charge in [-0.3, -0.25) is 4.79 Å². The standard InChI is InChI=1S/C11H21N3O2Si/c1-17(2,3)7-6-16-9-14-5-4-10(13-14)8-11(12)15/h4-5H,6-9H2,1-3H3,(H2,12,15). The number of ether oxygens (including phenoxy) is 1. The topological polar surface area (TPSA) is 70.1 Å². The lowest BCUT2D eigenvalue weighted by molar-refractivity contribution is -0.117. The molecular weight excluding hydrogens is 234 g/mol. The summed E-state index contributed by atoms with van der Waals surface area (Å²) < 4.78 is 7.22. The van der Waals surface area contributed by atoms with E-state index in [2.05, 4.69) is 24.7 Å². The molecule has 0 aromatic carbocycles. The van der Waals surface area contributed by atoms with E-state index in [4.69, 9.17) is 10.5 Å². The summed E-state index contributed by atoms with van der Waals surface area (Å²) in [5.41, 5.74) is 5.77. The predicted octanol–water partition coefficient (Wildman–Crippen LogP) is 1.22. The van der Waals surface area contributed by atoms with Crippen LogP contribution in [0.15, 0.2) is 12.3 Å². The molecule has 0 aliphatic heterocycles. The molecular formula is C11H21N3O2Si. The van der Waals surface area contributed by atoms with Crippen molar-refractivity contribution in [3.63, 3.8) is 0 Å². The van der Waals surface area contributed by atoms with Gasteiger partial charge in [0.2, 0.25) is 5.91 Å². The normalized spacial score (nSPS) is 11.7. The molecule has 0 spiro atoms. The van der Waals surface area contributed by atoms with Crippen LogP contribution < -0.4 is 5.73 Å². The van der Waals surface area contributed by atoms with E-state index in [1.807, 2.05) is 0 Å². The molecule has 1 amide bonds. The molecule has 96 valence electrons. The van der Waals surface area contributed by atoms with Gasteiger partial charge in [0.15, 0.2) is 0 Å². The molecule has 0 atom stereocenters. The predicted molar refractivity (Wildman–Crippen MR) is 69.2 cm³/mol. The van der Waals surface area contributed by atoms with Gasteiger partial charge in [0.1, 0.15) is 6.73 Å². The number of rotatable bonds is 7. The zero-order valence-corrected chi connectivity index (χ0v) is 11.8. The van der Waals surface area contributed by atoms with E-state index in [1.54, 1.807) is 16.9 Å². The summed E-state index contributed by atoms with van der Waals surface area (Å²) in [6, 6.07) is 2.93. The summed E-state index contributed by atoms with van der Waals surface area (Å²) in [6.45, 7) is 8.14. The zero-order valence-electron chi connectivity index (χ0n) is 10.8. The largest absolute Gasteiger partial charge is 0.369 e. The van der Waals surface area contributed by atoms with Crippen LogP contribution in [0.2, 0.25) is 25.7 Å². The SMILES string of the molecule is C[Si](C)(C)CCOCn1ccc(CC(N)=O)n1. The molecule has 0 radical (unpaired) electrons. The van der Waals surface area contributed by atoms with Crippen LogP contribution in [0.1, 0.15) is 5.69 Å². The third kappa shape index (κ3) is 6.23. The smallest absolute Gasteiger partial charge is 0.223 e. The Balaban J connectivity index is 2.28. The lowest BCUT2D eigenvalue weighted by atomic mass is 10.3. The molecule has 1 rings (SSSR count). The first-order valence-electron chi connectivity index (χ1n) is 5.75. The Morgan fingerprint density at radius 1 is 1.53 bits per heavy atom. The number of nitrogens with two attached hydrogens (primary N) is 1. The maximum Gasteiger partial charge on any atom is 0.223 e. The summed E-state index contributed by atoms with van der Waals surface area (Å²) in [6.07, 6.45) is 1.98. The van der Waals surface area contributed by atoms with Crippen LogP contribution in [0.4, 0.5) is 0 Å². The van der Waals surface area contributed by atoms with Gasteiger partial charge in [-0.25, -0.2) is 4.68 Å². The minimum Gasteiger partial charge on any atom is -0.369 e. The molecule has 0 saturated carbocycles. The molecule has 1 aromatic rings. The molecule has 1 heterocycles. The minimum absolute atomic E-state index is 0.182. The van der Waals surface area contributed by atoms with Gasteiger partial charge >= 0.3 is 0 Å². The Morgan fingerprint density at radius 3 is 2.82 bits per heavy atom. The Hall–Kier alpha value is -1.14. The van der Waals surface area contributed by atoms with Gasteiger partial charge in [-0.15, -0.1) is 0 Å². The molecule has 0 aliphatic rings. The van der Waals surface area contributed by atoms with Gasteiger partial charge in [0, 0.05) is 20.9 Å². The second kappa shape index (κ2) is 5.97. The van der Waals surface area contributed by atoms with Crippen LogP contribution in [-0.4, -0.2) is 30.4 Å². The monoisotopic (exact) mass is 255 g/mol. The molecule has 0 saturated heterocycles. The lowest BCUT2D eigenvalue weighted by Crippen LogP contribution is -2.22.